The SMILES string of the molecule is CN(C)C(=O)ON=C1CN(c2ncc(-c3cccc(COC(=O)CC(=N)N)c3F)cn2)C1. The van der Waals surface area contributed by atoms with Crippen LogP contribution >= 0.6 is 0 Å². The summed E-state index contributed by atoms with van der Waals surface area (Å²) in [6.07, 6.45) is 2.08. The molecule has 0 bridgehead atoms. The van der Waals surface area contributed by atoms with Crippen LogP contribution in [0.3, 0.4) is 0 Å². The first-order valence-electron chi connectivity index (χ1n) is 9.52. The quantitative estimate of drug-likeness (QED) is 0.215. The normalized spacial score (nSPS) is 12.6. The molecular weight excluding hydrogens is 421 g/mol. The summed E-state index contributed by atoms with van der Waals surface area (Å²) in [5.74, 6) is -1.15. The maximum Gasteiger partial charge on any atom is 0.435 e. The molecule has 3 N–H and O–H groups in total. The highest BCUT2D eigenvalue weighted by Gasteiger charge is 2.25. The van der Waals surface area contributed by atoms with Crippen LogP contribution in [0.5, 0.6) is 0 Å². The van der Waals surface area contributed by atoms with E-state index in [0.717, 1.165) is 0 Å². The second-order valence-corrected chi connectivity index (χ2v) is 7.18. The van der Waals surface area contributed by atoms with E-state index < -0.39 is 17.9 Å². The number of carbonyl (C=O) groups is 2. The highest BCUT2D eigenvalue weighted by molar-refractivity contribution is 5.99. The molecule has 1 saturated heterocycles. The van der Waals surface area contributed by atoms with Crippen LogP contribution in [0.1, 0.15) is 12.0 Å². The summed E-state index contributed by atoms with van der Waals surface area (Å²) in [4.78, 5) is 39.3. The number of rotatable bonds is 7. The number of amides is 1. The molecule has 0 aliphatic carbocycles. The lowest BCUT2D eigenvalue weighted by atomic mass is 10.1. The fourth-order valence-corrected chi connectivity index (χ4v) is 2.68. The number of hydrogen-bond acceptors (Lipinski definition) is 9. The van der Waals surface area contributed by atoms with Crippen molar-refractivity contribution in [2.75, 3.05) is 32.1 Å². The van der Waals surface area contributed by atoms with Gasteiger partial charge in [-0.25, -0.2) is 19.2 Å². The Hall–Kier alpha value is -4.09. The summed E-state index contributed by atoms with van der Waals surface area (Å²) in [5, 5.41) is 10.9. The van der Waals surface area contributed by atoms with Crippen molar-refractivity contribution in [3.05, 3.63) is 42.0 Å². The van der Waals surface area contributed by atoms with Gasteiger partial charge in [-0.2, -0.15) is 0 Å². The summed E-state index contributed by atoms with van der Waals surface area (Å²) in [5.41, 5.74) is 6.72. The molecule has 0 unspecified atom stereocenters. The van der Waals surface area contributed by atoms with E-state index in [1.807, 2.05) is 4.90 Å². The minimum atomic E-state index is -0.705. The van der Waals surface area contributed by atoms with E-state index in [1.165, 1.54) is 23.4 Å². The Morgan fingerprint density at radius 1 is 1.28 bits per heavy atom. The first-order chi connectivity index (χ1) is 15.2. The van der Waals surface area contributed by atoms with Crippen LogP contribution in [0.15, 0.2) is 35.7 Å². The van der Waals surface area contributed by atoms with Crippen LogP contribution in [0, 0.1) is 11.2 Å². The smallest absolute Gasteiger partial charge is 0.435 e. The highest BCUT2D eigenvalue weighted by atomic mass is 19.1. The lowest BCUT2D eigenvalue weighted by Crippen LogP contribution is -2.48. The predicted octanol–water partition coefficient (Wildman–Crippen LogP) is 1.53. The lowest BCUT2D eigenvalue weighted by molar-refractivity contribution is -0.143. The number of amidine groups is 1. The van der Waals surface area contributed by atoms with Crippen LogP contribution < -0.4 is 10.6 Å². The van der Waals surface area contributed by atoms with E-state index in [1.54, 1.807) is 26.2 Å². The molecule has 0 atom stereocenters. The third kappa shape index (κ3) is 5.53. The average Bonchev–Trinajstić information content (AvgIpc) is 2.71. The molecule has 1 amide bonds. The number of anilines is 1. The van der Waals surface area contributed by atoms with Gasteiger partial charge in [-0.15, -0.1) is 0 Å². The van der Waals surface area contributed by atoms with Gasteiger partial charge in [-0.3, -0.25) is 15.0 Å². The molecule has 2 aromatic rings. The number of benzene rings is 1. The van der Waals surface area contributed by atoms with E-state index in [4.69, 9.17) is 20.7 Å². The third-order valence-corrected chi connectivity index (χ3v) is 4.40. The summed E-state index contributed by atoms with van der Waals surface area (Å²) >= 11 is 0. The largest absolute Gasteiger partial charge is 0.460 e. The zero-order valence-corrected chi connectivity index (χ0v) is 17.5. The summed E-state index contributed by atoms with van der Waals surface area (Å²) < 4.78 is 19.8. The lowest BCUT2D eigenvalue weighted by Gasteiger charge is -2.31. The van der Waals surface area contributed by atoms with Gasteiger partial charge in [0, 0.05) is 43.2 Å². The van der Waals surface area contributed by atoms with Gasteiger partial charge in [0.15, 0.2) is 0 Å². The summed E-state index contributed by atoms with van der Waals surface area (Å²) in [6.45, 7) is 0.546. The molecule has 12 heteroatoms. The summed E-state index contributed by atoms with van der Waals surface area (Å²) in [6, 6.07) is 4.70. The first kappa shape index (κ1) is 22.6. The molecule has 1 fully saturated rings. The number of hydrogen-bond donors (Lipinski definition) is 2. The molecule has 2 heterocycles. The Morgan fingerprint density at radius 2 is 1.97 bits per heavy atom. The fraction of sp³-hybridized carbons (Fsp3) is 0.300. The Labute approximate surface area is 183 Å². The molecule has 1 aromatic heterocycles. The molecule has 3 rings (SSSR count). The number of oxime groups is 1. The van der Waals surface area contributed by atoms with Crippen LogP contribution in [-0.4, -0.2) is 65.7 Å². The van der Waals surface area contributed by atoms with Crippen LogP contribution in [0.4, 0.5) is 15.1 Å². The molecule has 1 aliphatic heterocycles. The van der Waals surface area contributed by atoms with Gasteiger partial charge in [0.25, 0.3) is 0 Å². The number of nitrogens with zero attached hydrogens (tertiary/aromatic N) is 5. The molecule has 168 valence electrons. The van der Waals surface area contributed by atoms with Crippen molar-refractivity contribution in [1.29, 1.82) is 5.41 Å². The molecule has 0 saturated carbocycles. The zero-order valence-electron chi connectivity index (χ0n) is 17.5. The van der Waals surface area contributed by atoms with Crippen molar-refractivity contribution in [3.8, 4) is 11.1 Å². The molecule has 1 aliphatic rings. The van der Waals surface area contributed by atoms with Crippen molar-refractivity contribution < 1.29 is 23.6 Å². The van der Waals surface area contributed by atoms with Crippen LogP contribution in [0.25, 0.3) is 11.1 Å². The highest BCUT2D eigenvalue weighted by Crippen LogP contribution is 2.26. The number of ether oxygens (including phenoxy) is 1. The summed E-state index contributed by atoms with van der Waals surface area (Å²) in [7, 11) is 3.12. The standard InChI is InChI=1S/C20H22FN7O4/c1-27(2)20(30)32-26-14-9-28(10-14)19-24-7-13(8-25-19)15-5-3-4-12(18(15)21)11-31-17(29)6-16(22)23/h3-5,7-8H,6,9-11H2,1-2H3,(H3,22,23). The van der Waals surface area contributed by atoms with Crippen molar-refractivity contribution in [2.45, 2.75) is 13.0 Å². The van der Waals surface area contributed by atoms with Crippen molar-refractivity contribution >= 4 is 29.6 Å². The number of nitrogens with two attached hydrogens (primary N) is 1. The Bertz CT molecular complexity index is 1050. The van der Waals surface area contributed by atoms with Gasteiger partial charge in [-0.05, 0) is 0 Å². The van der Waals surface area contributed by atoms with Crippen molar-refractivity contribution in [3.63, 3.8) is 0 Å². The van der Waals surface area contributed by atoms with E-state index in [2.05, 4.69) is 15.1 Å². The minimum absolute atomic E-state index is 0.180. The monoisotopic (exact) mass is 443 g/mol. The van der Waals surface area contributed by atoms with Gasteiger partial charge >= 0.3 is 12.1 Å². The number of esters is 1. The fourth-order valence-electron chi connectivity index (χ4n) is 2.68. The maximum absolute atomic E-state index is 14.9. The van der Waals surface area contributed by atoms with Crippen molar-refractivity contribution in [1.82, 2.24) is 14.9 Å². The van der Waals surface area contributed by atoms with Gasteiger partial charge in [0.05, 0.1) is 18.8 Å². The van der Waals surface area contributed by atoms with E-state index in [-0.39, 0.29) is 30.0 Å². The number of nitrogens with one attached hydrogen (secondary N) is 1. The van der Waals surface area contributed by atoms with E-state index in [9.17, 15) is 14.0 Å². The van der Waals surface area contributed by atoms with Crippen LogP contribution in [0.2, 0.25) is 0 Å². The molecule has 1 aromatic carbocycles. The number of carbonyl (C=O) groups excluding carboxylic acids is 2. The molecule has 32 heavy (non-hydrogen) atoms. The predicted molar refractivity (Wildman–Crippen MR) is 114 cm³/mol. The molecule has 11 nitrogen and oxygen atoms in total. The third-order valence-electron chi connectivity index (χ3n) is 4.40. The van der Waals surface area contributed by atoms with E-state index in [0.29, 0.717) is 30.3 Å². The topological polar surface area (TPSA) is 147 Å². The maximum atomic E-state index is 14.9. The van der Waals surface area contributed by atoms with Gasteiger partial charge in [0.2, 0.25) is 5.95 Å². The average molecular weight is 443 g/mol. The van der Waals surface area contributed by atoms with E-state index >= 15 is 0 Å². The van der Waals surface area contributed by atoms with Crippen LogP contribution in [-0.2, 0) is 21.0 Å². The van der Waals surface area contributed by atoms with Gasteiger partial charge in [0.1, 0.15) is 24.7 Å². The molecular formula is C20H22FN7O4. The Balaban J connectivity index is 1.62. The zero-order chi connectivity index (χ0) is 23.3. The van der Waals surface area contributed by atoms with Gasteiger partial charge in [-0.1, -0.05) is 23.4 Å². The number of halogens is 1. The minimum Gasteiger partial charge on any atom is -0.460 e. The molecule has 0 spiro atoms. The Morgan fingerprint density at radius 3 is 2.59 bits per heavy atom. The van der Waals surface area contributed by atoms with Crippen molar-refractivity contribution in [2.24, 2.45) is 10.9 Å². The molecule has 0 radical (unpaired) electrons. The second-order valence-electron chi connectivity index (χ2n) is 7.18. The second kappa shape index (κ2) is 9.81. The first-order valence-corrected chi connectivity index (χ1v) is 9.52. The van der Waals surface area contributed by atoms with Gasteiger partial charge < -0.3 is 20.3 Å². The Kier molecular flexibility index (Phi) is 6.93. The number of aromatic nitrogens is 2.